The van der Waals surface area contributed by atoms with Gasteiger partial charge in [-0.2, -0.15) is 0 Å². The number of amidine groups is 1. The molecule has 0 spiro atoms. The van der Waals surface area contributed by atoms with Gasteiger partial charge < -0.3 is 4.74 Å². The molecule has 5 nitrogen and oxygen atoms in total. The molecule has 1 aliphatic heterocycles. The first-order valence-electron chi connectivity index (χ1n) is 9.80. The summed E-state index contributed by atoms with van der Waals surface area (Å²) in [6, 6.07) is 23.4. The van der Waals surface area contributed by atoms with Crippen molar-refractivity contribution in [3.8, 4) is 5.75 Å². The number of methoxy groups -OCH3 is 1. The quantitative estimate of drug-likeness (QED) is 0.348. The lowest BCUT2D eigenvalue weighted by Gasteiger charge is -2.17. The second-order valence-corrected chi connectivity index (χ2v) is 8.27. The fraction of sp³-hybridized carbons (Fsp3) is 0.0800. The predicted molar refractivity (Wildman–Crippen MR) is 131 cm³/mol. The predicted octanol–water partition coefficient (Wildman–Crippen LogP) is 5.71. The molecule has 160 valence electrons. The minimum Gasteiger partial charge on any atom is -0.497 e. The molecule has 0 atom stereocenters. The van der Waals surface area contributed by atoms with E-state index in [4.69, 9.17) is 16.3 Å². The Morgan fingerprint density at radius 3 is 2.38 bits per heavy atom. The summed E-state index contributed by atoms with van der Waals surface area (Å²) in [6.07, 6.45) is 1.73. The molecule has 7 heteroatoms. The number of Topliss-reactive ketones (excluding diaryl/α,β-unsaturated/α-hetero) is 1. The third kappa shape index (κ3) is 4.93. The molecule has 0 aromatic heterocycles. The van der Waals surface area contributed by atoms with Crippen molar-refractivity contribution in [2.45, 2.75) is 0 Å². The standard InChI is InChI=1S/C25H19ClN2O3S/c1-31-21-13-7-17(8-14-21)15-22-24(30)28(20-5-3-2-4-6-20)25(27-22)32-16-23(29)18-9-11-19(26)12-10-18/h2-15H,16H2,1H3. The number of hydrogen-bond acceptors (Lipinski definition) is 5. The molecule has 0 unspecified atom stereocenters. The Labute approximate surface area is 195 Å². The highest BCUT2D eigenvalue weighted by molar-refractivity contribution is 8.14. The van der Waals surface area contributed by atoms with Crippen molar-refractivity contribution in [2.75, 3.05) is 17.8 Å². The Kier molecular flexibility index (Phi) is 6.73. The normalized spacial score (nSPS) is 14.6. The highest BCUT2D eigenvalue weighted by atomic mass is 35.5. The van der Waals surface area contributed by atoms with Gasteiger partial charge in [0.05, 0.1) is 18.6 Å². The first-order chi connectivity index (χ1) is 15.5. The van der Waals surface area contributed by atoms with Crippen LogP contribution >= 0.6 is 23.4 Å². The van der Waals surface area contributed by atoms with Crippen molar-refractivity contribution < 1.29 is 14.3 Å². The smallest absolute Gasteiger partial charge is 0.283 e. The summed E-state index contributed by atoms with van der Waals surface area (Å²) in [5, 5.41) is 1.03. The number of rotatable bonds is 6. The largest absolute Gasteiger partial charge is 0.497 e. The fourth-order valence-electron chi connectivity index (χ4n) is 3.11. The monoisotopic (exact) mass is 462 g/mol. The minimum absolute atomic E-state index is 0.0672. The van der Waals surface area contributed by atoms with Gasteiger partial charge in [-0.05, 0) is 60.2 Å². The number of anilines is 1. The van der Waals surface area contributed by atoms with E-state index < -0.39 is 0 Å². The second kappa shape index (κ2) is 9.85. The Morgan fingerprint density at radius 1 is 1.03 bits per heavy atom. The number of thioether (sulfide) groups is 1. The topological polar surface area (TPSA) is 59.0 Å². The number of para-hydroxylation sites is 1. The highest BCUT2D eigenvalue weighted by Gasteiger charge is 2.32. The molecule has 32 heavy (non-hydrogen) atoms. The maximum Gasteiger partial charge on any atom is 0.283 e. The molecule has 0 fully saturated rings. The lowest BCUT2D eigenvalue weighted by atomic mass is 10.1. The summed E-state index contributed by atoms with van der Waals surface area (Å²) in [7, 11) is 1.60. The number of ketones is 1. The molecule has 0 saturated carbocycles. The van der Waals surface area contributed by atoms with Gasteiger partial charge in [-0.15, -0.1) is 0 Å². The summed E-state index contributed by atoms with van der Waals surface area (Å²) in [5.74, 6) is 0.569. The summed E-state index contributed by atoms with van der Waals surface area (Å²) >= 11 is 7.14. The average Bonchev–Trinajstić information content (AvgIpc) is 3.13. The van der Waals surface area contributed by atoms with E-state index in [0.29, 0.717) is 27.1 Å². The van der Waals surface area contributed by atoms with Crippen LogP contribution in [0.4, 0.5) is 5.69 Å². The molecule has 4 rings (SSSR count). The molecule has 0 radical (unpaired) electrons. The lowest BCUT2D eigenvalue weighted by Crippen LogP contribution is -2.30. The minimum atomic E-state index is -0.242. The van der Waals surface area contributed by atoms with Gasteiger partial charge in [-0.25, -0.2) is 4.99 Å². The van der Waals surface area contributed by atoms with Gasteiger partial charge in [0.2, 0.25) is 0 Å². The molecule has 3 aromatic carbocycles. The zero-order valence-electron chi connectivity index (χ0n) is 17.2. The fourth-order valence-corrected chi connectivity index (χ4v) is 4.14. The first-order valence-corrected chi connectivity index (χ1v) is 11.2. The summed E-state index contributed by atoms with van der Waals surface area (Å²) < 4.78 is 5.18. The average molecular weight is 463 g/mol. The van der Waals surface area contributed by atoms with Crippen LogP contribution in [0.15, 0.2) is 89.6 Å². The van der Waals surface area contributed by atoms with E-state index in [1.807, 2.05) is 54.6 Å². The van der Waals surface area contributed by atoms with Crippen LogP contribution in [0.25, 0.3) is 6.08 Å². The van der Waals surface area contributed by atoms with Gasteiger partial charge >= 0.3 is 0 Å². The van der Waals surface area contributed by atoms with Gasteiger partial charge in [-0.1, -0.05) is 53.7 Å². The molecule has 1 heterocycles. The van der Waals surface area contributed by atoms with Gasteiger partial charge in [0.25, 0.3) is 5.91 Å². The molecular weight excluding hydrogens is 444 g/mol. The van der Waals surface area contributed by atoms with Gasteiger partial charge in [0.15, 0.2) is 11.0 Å². The van der Waals surface area contributed by atoms with Crippen molar-refractivity contribution in [2.24, 2.45) is 4.99 Å². The van der Waals surface area contributed by atoms with Gasteiger partial charge in [0.1, 0.15) is 11.4 Å². The van der Waals surface area contributed by atoms with Crippen LogP contribution < -0.4 is 9.64 Å². The molecule has 0 bridgehead atoms. The number of benzene rings is 3. The van der Waals surface area contributed by atoms with Gasteiger partial charge in [0, 0.05) is 10.6 Å². The zero-order chi connectivity index (χ0) is 22.5. The Balaban J connectivity index is 1.60. The van der Waals surface area contributed by atoms with Crippen LogP contribution in [-0.2, 0) is 4.79 Å². The van der Waals surface area contributed by atoms with E-state index in [9.17, 15) is 9.59 Å². The van der Waals surface area contributed by atoms with Crippen molar-refractivity contribution in [1.29, 1.82) is 0 Å². The van der Waals surface area contributed by atoms with E-state index in [2.05, 4.69) is 4.99 Å². The molecular formula is C25H19ClN2O3S. The molecule has 0 aliphatic carbocycles. The number of amides is 1. The van der Waals surface area contributed by atoms with Crippen LogP contribution in [0.2, 0.25) is 5.02 Å². The van der Waals surface area contributed by atoms with Crippen molar-refractivity contribution in [3.05, 3.63) is 101 Å². The van der Waals surface area contributed by atoms with Crippen LogP contribution in [0.1, 0.15) is 15.9 Å². The maximum absolute atomic E-state index is 13.2. The molecule has 3 aromatic rings. The highest BCUT2D eigenvalue weighted by Crippen LogP contribution is 2.30. The van der Waals surface area contributed by atoms with E-state index in [1.54, 1.807) is 37.5 Å². The number of ether oxygens (including phenoxy) is 1. The van der Waals surface area contributed by atoms with Crippen LogP contribution in [0.5, 0.6) is 5.75 Å². The first kappa shape index (κ1) is 21.9. The molecule has 0 N–H and O–H groups in total. The third-order valence-electron chi connectivity index (χ3n) is 4.76. The molecule has 1 aliphatic rings. The van der Waals surface area contributed by atoms with Crippen LogP contribution in [-0.4, -0.2) is 29.7 Å². The van der Waals surface area contributed by atoms with E-state index in [1.165, 1.54) is 16.7 Å². The summed E-state index contributed by atoms with van der Waals surface area (Å²) in [5.41, 5.74) is 2.39. The molecule has 1 amide bonds. The maximum atomic E-state index is 13.2. The number of nitrogens with zero attached hydrogens (tertiary/aromatic N) is 2. The van der Waals surface area contributed by atoms with Crippen molar-refractivity contribution in [3.63, 3.8) is 0 Å². The SMILES string of the molecule is COc1ccc(C=C2N=C(SCC(=O)c3ccc(Cl)cc3)N(c3ccccc3)C2=O)cc1. The lowest BCUT2D eigenvalue weighted by molar-refractivity contribution is -0.113. The van der Waals surface area contributed by atoms with E-state index in [0.717, 1.165) is 11.3 Å². The number of aliphatic imine (C=N–C) groups is 1. The number of hydrogen-bond donors (Lipinski definition) is 0. The zero-order valence-corrected chi connectivity index (χ0v) is 18.8. The van der Waals surface area contributed by atoms with Crippen molar-refractivity contribution in [1.82, 2.24) is 0 Å². The van der Waals surface area contributed by atoms with Crippen molar-refractivity contribution >= 4 is 52.0 Å². The Bertz CT molecular complexity index is 1190. The summed E-state index contributed by atoms with van der Waals surface area (Å²) in [4.78, 5) is 31.9. The number of halogens is 1. The Morgan fingerprint density at radius 2 is 1.72 bits per heavy atom. The van der Waals surface area contributed by atoms with E-state index in [-0.39, 0.29) is 17.4 Å². The van der Waals surface area contributed by atoms with Crippen LogP contribution in [0.3, 0.4) is 0 Å². The van der Waals surface area contributed by atoms with Gasteiger partial charge in [-0.3, -0.25) is 14.5 Å². The Hall–Kier alpha value is -3.35. The summed E-state index contributed by atoms with van der Waals surface area (Å²) in [6.45, 7) is 0. The number of carbonyl (C=O) groups excluding carboxylic acids is 2. The van der Waals surface area contributed by atoms with E-state index >= 15 is 0 Å². The second-order valence-electron chi connectivity index (χ2n) is 6.89. The third-order valence-corrected chi connectivity index (χ3v) is 5.95. The number of carbonyl (C=O) groups is 2. The van der Waals surface area contributed by atoms with Crippen LogP contribution in [0, 0.1) is 0 Å². The molecule has 0 saturated heterocycles.